The molecule has 6 saturated heterocycles. The number of rotatable bonds is 58. The highest BCUT2D eigenvalue weighted by Crippen LogP contribution is 2.49. The fraction of sp³-hybridized carbons (Fsp3) is 0.951. The highest BCUT2D eigenvalue weighted by atomic mass is 31.2. The Bertz CT molecular complexity index is 3030. The third-order valence-corrected chi connectivity index (χ3v) is 24.9. The number of allylic oxidation sites excluding steroid dienone is 2. The molecule has 1 saturated carbocycles. The minimum Gasteiger partial charge on any atom is -0.462 e. The molecule has 7 rings (SSSR count). The van der Waals surface area contributed by atoms with Crippen molar-refractivity contribution >= 4 is 19.8 Å². The lowest BCUT2D eigenvalue weighted by molar-refractivity contribution is -0.365. The van der Waals surface area contributed by atoms with Gasteiger partial charge in [0.25, 0.3) is 0 Å². The first-order chi connectivity index (χ1) is 60.2. The van der Waals surface area contributed by atoms with Crippen LogP contribution >= 0.6 is 7.82 Å². The van der Waals surface area contributed by atoms with Crippen LogP contribution in [0.2, 0.25) is 0 Å². The van der Waals surface area contributed by atoms with E-state index in [-0.39, 0.29) is 12.8 Å². The van der Waals surface area contributed by atoms with Crippen LogP contribution in [-0.4, -0.2) is 414 Å². The zero-order valence-electron chi connectivity index (χ0n) is 72.0. The van der Waals surface area contributed by atoms with E-state index in [0.29, 0.717) is 25.7 Å². The fourth-order valence-corrected chi connectivity index (χ4v) is 16.9. The van der Waals surface area contributed by atoms with Crippen LogP contribution in [0.4, 0.5) is 0 Å². The highest BCUT2D eigenvalue weighted by Gasteiger charge is 2.60. The Morgan fingerprint density at radius 2 is 0.571 bits per heavy atom. The molecule has 7 fully saturated rings. The van der Waals surface area contributed by atoms with Crippen molar-refractivity contribution < 1.29 is 212 Å². The van der Waals surface area contributed by atoms with Crippen molar-refractivity contribution in [3.05, 3.63) is 12.2 Å². The van der Waals surface area contributed by atoms with Crippen LogP contribution in [0.1, 0.15) is 213 Å². The van der Waals surface area contributed by atoms with Gasteiger partial charge in [-0.15, -0.1) is 0 Å². The van der Waals surface area contributed by atoms with E-state index in [4.69, 9.17) is 75.4 Å². The molecule has 38 atom stereocenters. The quantitative estimate of drug-likeness (QED) is 0.0121. The van der Waals surface area contributed by atoms with Crippen LogP contribution in [0, 0.1) is 0 Å². The number of hydrogen-bond donors (Lipinski definition) is 24. The molecule has 1 aliphatic carbocycles. The predicted octanol–water partition coefficient (Wildman–Crippen LogP) is -3.60. The number of carbonyl (C=O) groups is 2. The van der Waals surface area contributed by atoms with Crippen molar-refractivity contribution in [1.29, 1.82) is 0 Å². The Hall–Kier alpha value is -2.61. The lowest BCUT2D eigenvalue weighted by Crippen LogP contribution is -2.69. The van der Waals surface area contributed by atoms with Gasteiger partial charge in [-0.1, -0.05) is 174 Å². The lowest BCUT2D eigenvalue weighted by atomic mass is 9.84. The normalized spacial score (nSPS) is 39.0. The van der Waals surface area contributed by atoms with Crippen molar-refractivity contribution in [2.24, 2.45) is 0 Å². The number of ether oxygens (including phenoxy) is 14. The van der Waals surface area contributed by atoms with Crippen LogP contribution < -0.4 is 0 Å². The summed E-state index contributed by atoms with van der Waals surface area (Å²) in [5.74, 6) is -1.50. The number of carbonyl (C=O) groups excluding carboxylic acids is 2. The first kappa shape index (κ1) is 110. The Kier molecular flexibility index (Phi) is 50.2. The zero-order valence-corrected chi connectivity index (χ0v) is 72.9. The van der Waals surface area contributed by atoms with Crippen molar-refractivity contribution in [3.63, 3.8) is 0 Å². The predicted molar refractivity (Wildman–Crippen MR) is 431 cm³/mol. The maximum atomic E-state index is 14.5. The molecule has 43 nitrogen and oxygen atoms in total. The van der Waals surface area contributed by atoms with E-state index >= 15 is 0 Å². The summed E-state index contributed by atoms with van der Waals surface area (Å²) >= 11 is 0. The molecule has 6 heterocycles. The van der Waals surface area contributed by atoms with Crippen LogP contribution in [-0.2, 0) is 89.5 Å². The second-order valence-corrected chi connectivity index (χ2v) is 35.4. The van der Waals surface area contributed by atoms with Crippen LogP contribution in [0.3, 0.4) is 0 Å². The molecule has 0 radical (unpaired) electrons. The van der Waals surface area contributed by atoms with Gasteiger partial charge in [-0.25, -0.2) is 4.57 Å². The van der Waals surface area contributed by atoms with E-state index in [1.807, 2.05) is 0 Å². The number of phosphoric ester groups is 1. The molecule has 0 aromatic heterocycles. The Labute approximate surface area is 733 Å². The van der Waals surface area contributed by atoms with Gasteiger partial charge in [-0.2, -0.15) is 0 Å². The zero-order chi connectivity index (χ0) is 92.3. The summed E-state index contributed by atoms with van der Waals surface area (Å²) in [6.45, 7) is -2.90. The molecule has 0 bridgehead atoms. The SMILES string of the molecule is CCCCCCCC/C=C\CCCCCCCC(=O)O[C@H](COC(=O)CCCCCCCCCCCCCCCCCC)COP(=O)(O)O[C@@H]1C(O[C@@H]2OC(CO[C@@H]3OC(CO[C@@H]4OC(CO[C@@H]5OC(CO[C@@H]6OC(CO)[C@H](O)C(O)[C@@H]6O)[C@H](O)C(O)[C@@H]5O)[C@H](O)C(O)[C@@H]4O)[C@H](O)C(O)[C@@H]3O)[C@H](O)C(O)[C@@H]2O)C(O)[C@@H](O)C(O)[C@H]1O[C@H]1OC(CO)[C@@H](O)C(O)[C@H]1O. The molecule has 16 unspecified atom stereocenters. The maximum absolute atomic E-state index is 14.5. The third-order valence-electron chi connectivity index (χ3n) is 24.0. The van der Waals surface area contributed by atoms with Gasteiger partial charge in [0.2, 0.25) is 0 Å². The molecule has 6 aliphatic heterocycles. The summed E-state index contributed by atoms with van der Waals surface area (Å²) in [6.07, 6.45) is -42.4. The molecule has 44 heteroatoms. The van der Waals surface area contributed by atoms with Crippen molar-refractivity contribution in [1.82, 2.24) is 0 Å². The van der Waals surface area contributed by atoms with Gasteiger partial charge in [-0.3, -0.25) is 18.6 Å². The summed E-state index contributed by atoms with van der Waals surface area (Å²) in [7, 11) is -5.89. The standard InChI is InChI=1S/C82H147O43P/c1-3-5-7-9-11-13-15-17-19-21-22-24-26-28-30-32-34-51(85)110-38-44(116-52(86)35-33-31-29-27-25-23-20-18-16-14-12-10-8-6-4-2)39-115-126(108,109)125-76-74(123-81-72(106)60(94)54(88)46(37-84)118-81)66(100)65(99)67(101)75(76)124-82-73(107)64(98)58(92)50(122-82)43-114-80-71(105)63(97)57(91)49(121-80)42-113-79-70(104)62(96)56(90)48(120-79)41-112-78-69(103)61(95)55(89)47(119-78)40-111-77-68(102)59(93)53(87)45(36-83)117-77/h18,20,44-50,53-84,87-107H,3-17,19,21-43H2,1-2H3,(H,108,109)/b20-18-/t44-,45?,46?,47?,48?,49?,50?,53+,54-,55+,56+,57+,58+,59?,60?,61?,62?,63?,64?,65+,66?,67?,68+,69+,70+,71+,72-,73+,74-,75?,76+,77-,78-,79-,80-,81-,82+/m1/s1. The van der Waals surface area contributed by atoms with Gasteiger partial charge in [0, 0.05) is 12.8 Å². The van der Waals surface area contributed by atoms with Gasteiger partial charge in [-0.05, 0) is 38.5 Å². The van der Waals surface area contributed by atoms with Gasteiger partial charge < -0.3 is 189 Å². The van der Waals surface area contributed by atoms with Crippen LogP contribution in [0.25, 0.3) is 0 Å². The van der Waals surface area contributed by atoms with Gasteiger partial charge in [0.05, 0.1) is 46.2 Å². The van der Waals surface area contributed by atoms with E-state index in [9.17, 15) is 136 Å². The lowest BCUT2D eigenvalue weighted by Gasteiger charge is -2.49. The number of phosphoric acid groups is 1. The average molecular weight is 1850 g/mol. The van der Waals surface area contributed by atoms with Gasteiger partial charge in [0.1, 0.15) is 190 Å². The molecule has 7 aliphatic rings. The molecular weight excluding hydrogens is 1700 g/mol. The Balaban J connectivity index is 0.995. The molecule has 24 N–H and O–H groups in total. The molecule has 0 aromatic carbocycles. The maximum Gasteiger partial charge on any atom is 0.472 e. The number of unbranched alkanes of at least 4 members (excludes halogenated alkanes) is 26. The third kappa shape index (κ3) is 33.7. The second-order valence-electron chi connectivity index (χ2n) is 34.0. The Morgan fingerprint density at radius 1 is 0.310 bits per heavy atom. The van der Waals surface area contributed by atoms with Crippen LogP contribution in [0.15, 0.2) is 12.2 Å². The smallest absolute Gasteiger partial charge is 0.462 e. The van der Waals surface area contributed by atoms with Gasteiger partial charge >= 0.3 is 19.8 Å². The summed E-state index contributed by atoms with van der Waals surface area (Å²) in [6, 6.07) is 0. The van der Waals surface area contributed by atoms with Crippen LogP contribution in [0.5, 0.6) is 0 Å². The molecule has 0 amide bonds. The molecule has 0 aromatic rings. The van der Waals surface area contributed by atoms with E-state index in [0.717, 1.165) is 70.6 Å². The van der Waals surface area contributed by atoms with E-state index in [1.165, 1.54) is 89.9 Å². The first-order valence-corrected chi connectivity index (χ1v) is 46.6. The summed E-state index contributed by atoms with van der Waals surface area (Å²) in [5, 5.41) is 251. The molecule has 0 spiro atoms. The van der Waals surface area contributed by atoms with Gasteiger partial charge in [0.15, 0.2) is 43.8 Å². The number of hydrogen-bond acceptors (Lipinski definition) is 42. The highest BCUT2D eigenvalue weighted by molar-refractivity contribution is 7.47. The monoisotopic (exact) mass is 1850 g/mol. The molecule has 126 heavy (non-hydrogen) atoms. The van der Waals surface area contributed by atoms with E-state index in [1.54, 1.807) is 0 Å². The second kappa shape index (κ2) is 57.3. The van der Waals surface area contributed by atoms with E-state index in [2.05, 4.69) is 26.0 Å². The van der Waals surface area contributed by atoms with E-state index < -0.39 is 300 Å². The van der Waals surface area contributed by atoms with Crippen molar-refractivity contribution in [3.8, 4) is 0 Å². The molecular formula is C82H147O43P. The largest absolute Gasteiger partial charge is 0.472 e. The molecule has 738 valence electrons. The first-order valence-electron chi connectivity index (χ1n) is 45.1. The minimum atomic E-state index is -5.89. The topological polar surface area (TPSA) is 684 Å². The number of aliphatic hydroxyl groups is 23. The summed E-state index contributed by atoms with van der Waals surface area (Å²) in [5.41, 5.74) is 0. The average Bonchev–Trinajstić information content (AvgIpc) is 0.757. The Morgan fingerprint density at radius 3 is 0.897 bits per heavy atom. The minimum absolute atomic E-state index is 0.0308. The van der Waals surface area contributed by atoms with Crippen molar-refractivity contribution in [2.45, 2.75) is 440 Å². The van der Waals surface area contributed by atoms with Crippen molar-refractivity contribution in [2.75, 3.05) is 52.9 Å². The number of esters is 2. The summed E-state index contributed by atoms with van der Waals surface area (Å²) in [4.78, 5) is 38.5. The fourth-order valence-electron chi connectivity index (χ4n) is 15.9. The number of aliphatic hydroxyl groups excluding tert-OH is 23. The summed E-state index contributed by atoms with van der Waals surface area (Å²) < 4.78 is 104.